The molecule has 0 aromatic heterocycles. The van der Waals surface area contributed by atoms with E-state index < -0.39 is 5.82 Å². The predicted molar refractivity (Wildman–Crippen MR) is 77.9 cm³/mol. The Balaban J connectivity index is 1.77. The summed E-state index contributed by atoms with van der Waals surface area (Å²) in [6.07, 6.45) is 2.18. The summed E-state index contributed by atoms with van der Waals surface area (Å²) in [5.41, 5.74) is 0. The predicted octanol–water partition coefficient (Wildman–Crippen LogP) is 3.40. The molecule has 112 valence electrons. The average molecular weight is 302 g/mol. The Morgan fingerprint density at radius 3 is 2.90 bits per heavy atom. The number of hydrogen-bond donors (Lipinski definition) is 1. The molecular weight excluding hydrogens is 281 g/mol. The van der Waals surface area contributed by atoms with Crippen molar-refractivity contribution in [1.29, 1.82) is 0 Å². The van der Waals surface area contributed by atoms with Gasteiger partial charge in [0.25, 0.3) is 0 Å². The largest absolute Gasteiger partial charge is 0.488 e. The fraction of sp³-hybridized carbons (Fsp3) is 0.600. The highest BCUT2D eigenvalue weighted by molar-refractivity contribution is 6.30. The summed E-state index contributed by atoms with van der Waals surface area (Å²) >= 11 is 5.71. The third-order valence-corrected chi connectivity index (χ3v) is 3.58. The Morgan fingerprint density at radius 2 is 2.15 bits per heavy atom. The second kappa shape index (κ2) is 7.25. The lowest BCUT2D eigenvalue weighted by molar-refractivity contribution is 0.0171. The number of hydrogen-bond acceptors (Lipinski definition) is 3. The van der Waals surface area contributed by atoms with E-state index in [-0.39, 0.29) is 23.0 Å². The quantitative estimate of drug-likeness (QED) is 0.873. The van der Waals surface area contributed by atoms with Crippen LogP contribution >= 0.6 is 11.6 Å². The Labute approximate surface area is 124 Å². The standard InChI is InChI=1S/C15H21ClFNO2/c1-10(2)18-8-11-6-7-12(20-11)9-19-14-5-3-4-13(16)15(14)17/h3-5,10-12,18H,6-9H2,1-2H3. The van der Waals surface area contributed by atoms with E-state index in [1.165, 1.54) is 6.07 Å². The van der Waals surface area contributed by atoms with Gasteiger partial charge in [-0.05, 0) is 25.0 Å². The lowest BCUT2D eigenvalue weighted by atomic mass is 10.2. The molecule has 0 saturated carbocycles. The number of nitrogens with one attached hydrogen (secondary N) is 1. The van der Waals surface area contributed by atoms with Gasteiger partial charge < -0.3 is 14.8 Å². The number of halogens is 2. The monoisotopic (exact) mass is 301 g/mol. The summed E-state index contributed by atoms with van der Waals surface area (Å²) in [6, 6.07) is 5.21. The van der Waals surface area contributed by atoms with Crippen LogP contribution in [0.15, 0.2) is 18.2 Å². The van der Waals surface area contributed by atoms with Crippen molar-refractivity contribution in [1.82, 2.24) is 5.32 Å². The first kappa shape index (κ1) is 15.5. The van der Waals surface area contributed by atoms with Crippen molar-refractivity contribution in [2.45, 2.75) is 44.9 Å². The molecule has 0 radical (unpaired) electrons. The average Bonchev–Trinajstić information content (AvgIpc) is 2.86. The molecule has 1 heterocycles. The Hall–Kier alpha value is -0.840. The summed E-state index contributed by atoms with van der Waals surface area (Å²) in [7, 11) is 0. The number of benzene rings is 1. The van der Waals surface area contributed by atoms with E-state index in [0.29, 0.717) is 12.6 Å². The topological polar surface area (TPSA) is 30.5 Å². The molecule has 1 fully saturated rings. The maximum Gasteiger partial charge on any atom is 0.183 e. The maximum atomic E-state index is 13.7. The Kier molecular flexibility index (Phi) is 5.64. The highest BCUT2D eigenvalue weighted by Gasteiger charge is 2.26. The van der Waals surface area contributed by atoms with Crippen LogP contribution in [-0.2, 0) is 4.74 Å². The molecule has 5 heteroatoms. The molecule has 2 atom stereocenters. The van der Waals surface area contributed by atoms with Crippen molar-refractivity contribution >= 4 is 11.6 Å². The van der Waals surface area contributed by atoms with E-state index in [1.807, 2.05) is 0 Å². The van der Waals surface area contributed by atoms with Gasteiger partial charge in [-0.15, -0.1) is 0 Å². The SMILES string of the molecule is CC(C)NCC1CCC(COc2cccc(Cl)c2F)O1. The van der Waals surface area contributed by atoms with Crippen LogP contribution in [-0.4, -0.2) is 31.4 Å². The van der Waals surface area contributed by atoms with E-state index in [1.54, 1.807) is 12.1 Å². The van der Waals surface area contributed by atoms with Crippen molar-refractivity contribution < 1.29 is 13.9 Å². The first-order valence-electron chi connectivity index (χ1n) is 7.02. The molecule has 2 rings (SSSR count). The van der Waals surface area contributed by atoms with E-state index in [2.05, 4.69) is 19.2 Å². The molecule has 0 bridgehead atoms. The van der Waals surface area contributed by atoms with Gasteiger partial charge in [0.15, 0.2) is 11.6 Å². The van der Waals surface area contributed by atoms with Gasteiger partial charge >= 0.3 is 0 Å². The second-order valence-corrected chi connectivity index (χ2v) is 5.79. The van der Waals surface area contributed by atoms with Gasteiger partial charge in [-0.3, -0.25) is 0 Å². The zero-order chi connectivity index (χ0) is 14.5. The molecule has 0 spiro atoms. The minimum Gasteiger partial charge on any atom is -0.488 e. The van der Waals surface area contributed by atoms with Gasteiger partial charge in [-0.1, -0.05) is 31.5 Å². The Bertz CT molecular complexity index is 442. The molecular formula is C15H21ClFNO2. The molecule has 1 aliphatic heterocycles. The molecule has 2 unspecified atom stereocenters. The summed E-state index contributed by atoms with van der Waals surface area (Å²) in [5.74, 6) is -0.324. The second-order valence-electron chi connectivity index (χ2n) is 5.38. The first-order valence-corrected chi connectivity index (χ1v) is 7.39. The lowest BCUT2D eigenvalue weighted by Crippen LogP contribution is -2.32. The molecule has 1 aromatic carbocycles. The van der Waals surface area contributed by atoms with Gasteiger partial charge in [0, 0.05) is 12.6 Å². The summed E-state index contributed by atoms with van der Waals surface area (Å²) in [4.78, 5) is 0. The number of rotatable bonds is 6. The van der Waals surface area contributed by atoms with E-state index in [0.717, 1.165) is 19.4 Å². The van der Waals surface area contributed by atoms with Crippen LogP contribution in [0, 0.1) is 5.82 Å². The van der Waals surface area contributed by atoms with Crippen LogP contribution in [0.25, 0.3) is 0 Å². The summed E-state index contributed by atoms with van der Waals surface area (Å²) in [6.45, 7) is 5.42. The van der Waals surface area contributed by atoms with Gasteiger partial charge in [0.2, 0.25) is 0 Å². The number of ether oxygens (including phenoxy) is 2. The normalized spacial score (nSPS) is 22.4. The lowest BCUT2D eigenvalue weighted by Gasteiger charge is -2.16. The van der Waals surface area contributed by atoms with Crippen molar-refractivity contribution in [2.75, 3.05) is 13.2 Å². The fourth-order valence-corrected chi connectivity index (χ4v) is 2.36. The van der Waals surface area contributed by atoms with Gasteiger partial charge in [0.05, 0.1) is 17.2 Å². The van der Waals surface area contributed by atoms with E-state index >= 15 is 0 Å². The molecule has 3 nitrogen and oxygen atoms in total. The van der Waals surface area contributed by atoms with Crippen LogP contribution in [0.2, 0.25) is 5.02 Å². The van der Waals surface area contributed by atoms with Crippen molar-refractivity contribution in [3.8, 4) is 5.75 Å². The smallest absolute Gasteiger partial charge is 0.183 e. The zero-order valence-electron chi connectivity index (χ0n) is 11.9. The third-order valence-electron chi connectivity index (χ3n) is 3.29. The fourth-order valence-electron chi connectivity index (χ4n) is 2.20. The van der Waals surface area contributed by atoms with Crippen LogP contribution in [0.1, 0.15) is 26.7 Å². The summed E-state index contributed by atoms with van der Waals surface area (Å²) < 4.78 is 25.0. The van der Waals surface area contributed by atoms with Crippen molar-refractivity contribution in [3.05, 3.63) is 29.0 Å². The summed E-state index contributed by atoms with van der Waals surface area (Å²) in [5, 5.41) is 3.43. The highest BCUT2D eigenvalue weighted by atomic mass is 35.5. The van der Waals surface area contributed by atoms with Crippen molar-refractivity contribution in [2.24, 2.45) is 0 Å². The van der Waals surface area contributed by atoms with Crippen LogP contribution in [0.4, 0.5) is 4.39 Å². The van der Waals surface area contributed by atoms with Crippen molar-refractivity contribution in [3.63, 3.8) is 0 Å². The maximum absolute atomic E-state index is 13.7. The van der Waals surface area contributed by atoms with Crippen LogP contribution < -0.4 is 10.1 Å². The van der Waals surface area contributed by atoms with E-state index in [4.69, 9.17) is 21.1 Å². The molecule has 1 aliphatic rings. The van der Waals surface area contributed by atoms with Gasteiger partial charge in [-0.2, -0.15) is 0 Å². The third kappa shape index (κ3) is 4.33. The molecule has 1 N–H and O–H groups in total. The highest BCUT2D eigenvalue weighted by Crippen LogP contribution is 2.26. The van der Waals surface area contributed by atoms with Crippen LogP contribution in [0.5, 0.6) is 5.75 Å². The molecule has 20 heavy (non-hydrogen) atoms. The van der Waals surface area contributed by atoms with E-state index in [9.17, 15) is 4.39 Å². The zero-order valence-corrected chi connectivity index (χ0v) is 12.6. The molecule has 0 amide bonds. The minimum atomic E-state index is -0.509. The molecule has 1 saturated heterocycles. The minimum absolute atomic E-state index is 0.0207. The van der Waals surface area contributed by atoms with Crippen LogP contribution in [0.3, 0.4) is 0 Å². The molecule has 0 aliphatic carbocycles. The van der Waals surface area contributed by atoms with Gasteiger partial charge in [-0.25, -0.2) is 4.39 Å². The Morgan fingerprint density at radius 1 is 1.40 bits per heavy atom. The van der Waals surface area contributed by atoms with Gasteiger partial charge in [0.1, 0.15) is 6.61 Å². The first-order chi connectivity index (χ1) is 9.56. The molecule has 1 aromatic rings.